The third-order valence-electron chi connectivity index (χ3n) is 2.76. The molecule has 6 heteroatoms. The van der Waals surface area contributed by atoms with E-state index in [0.29, 0.717) is 27.2 Å². The van der Waals surface area contributed by atoms with E-state index >= 15 is 0 Å². The zero-order valence-corrected chi connectivity index (χ0v) is 12.8. The number of halogens is 2. The maximum atomic E-state index is 11.8. The van der Waals surface area contributed by atoms with Gasteiger partial charge in [-0.25, -0.2) is 0 Å². The van der Waals surface area contributed by atoms with Crippen LogP contribution >= 0.6 is 23.2 Å². The quantitative estimate of drug-likeness (QED) is 0.838. The highest BCUT2D eigenvalue weighted by Gasteiger charge is 2.08. The summed E-state index contributed by atoms with van der Waals surface area (Å²) in [6.07, 6.45) is 0. The molecule has 1 amide bonds. The molecule has 0 saturated carbocycles. The van der Waals surface area contributed by atoms with Gasteiger partial charge in [-0.15, -0.1) is 0 Å². The molecule has 2 aromatic rings. The summed E-state index contributed by atoms with van der Waals surface area (Å²) in [5.74, 6) is 0.251. The Hall–Kier alpha value is -1.91. The summed E-state index contributed by atoms with van der Waals surface area (Å²) in [7, 11) is 0. The topological polar surface area (TPSA) is 64.3 Å². The summed E-state index contributed by atoms with van der Waals surface area (Å²) in [5, 5.41) is 3.71. The minimum Gasteiger partial charge on any atom is -0.484 e. The average Bonchev–Trinajstić information content (AvgIpc) is 2.44. The Kier molecular flexibility index (Phi) is 4.94. The summed E-state index contributed by atoms with van der Waals surface area (Å²) < 4.78 is 5.40. The lowest BCUT2D eigenvalue weighted by molar-refractivity contribution is -0.118. The lowest BCUT2D eigenvalue weighted by Gasteiger charge is -2.10. The SMILES string of the molecule is Cc1cc(OCC(=O)Nc2cc(N)ccc2Cl)ccc1Cl. The third-order valence-corrected chi connectivity index (χ3v) is 3.52. The van der Waals surface area contributed by atoms with E-state index in [-0.39, 0.29) is 12.5 Å². The monoisotopic (exact) mass is 324 g/mol. The number of nitrogens with two attached hydrogens (primary N) is 1. The van der Waals surface area contributed by atoms with Crippen LogP contribution in [0.15, 0.2) is 36.4 Å². The second kappa shape index (κ2) is 6.70. The van der Waals surface area contributed by atoms with Crippen LogP contribution in [0.5, 0.6) is 5.75 Å². The van der Waals surface area contributed by atoms with Crippen LogP contribution in [0.2, 0.25) is 10.0 Å². The minimum absolute atomic E-state index is 0.133. The van der Waals surface area contributed by atoms with E-state index < -0.39 is 0 Å². The van der Waals surface area contributed by atoms with Crippen LogP contribution in [0.3, 0.4) is 0 Å². The summed E-state index contributed by atoms with van der Waals surface area (Å²) >= 11 is 11.9. The fourth-order valence-corrected chi connectivity index (χ4v) is 1.96. The Balaban J connectivity index is 1.95. The van der Waals surface area contributed by atoms with E-state index in [1.54, 1.807) is 36.4 Å². The van der Waals surface area contributed by atoms with Crippen LogP contribution in [-0.4, -0.2) is 12.5 Å². The second-order valence-corrected chi connectivity index (χ2v) is 5.30. The van der Waals surface area contributed by atoms with E-state index in [0.717, 1.165) is 5.56 Å². The van der Waals surface area contributed by atoms with Crippen molar-refractivity contribution in [1.29, 1.82) is 0 Å². The molecular formula is C15H14Cl2N2O2. The molecule has 0 aliphatic carbocycles. The molecule has 0 saturated heterocycles. The van der Waals surface area contributed by atoms with Crippen LogP contribution < -0.4 is 15.8 Å². The molecule has 0 unspecified atom stereocenters. The molecule has 21 heavy (non-hydrogen) atoms. The molecule has 4 nitrogen and oxygen atoms in total. The van der Waals surface area contributed by atoms with Gasteiger partial charge in [-0.05, 0) is 48.9 Å². The van der Waals surface area contributed by atoms with Crippen molar-refractivity contribution in [2.24, 2.45) is 0 Å². The molecule has 0 atom stereocenters. The van der Waals surface area contributed by atoms with Crippen LogP contribution in [0.1, 0.15) is 5.56 Å². The van der Waals surface area contributed by atoms with Gasteiger partial charge < -0.3 is 15.8 Å². The normalized spacial score (nSPS) is 10.2. The molecule has 0 aromatic heterocycles. The number of rotatable bonds is 4. The van der Waals surface area contributed by atoms with Gasteiger partial charge >= 0.3 is 0 Å². The first-order valence-corrected chi connectivity index (χ1v) is 6.95. The van der Waals surface area contributed by atoms with Crippen molar-refractivity contribution in [2.45, 2.75) is 6.92 Å². The predicted molar refractivity (Wildman–Crippen MR) is 86.2 cm³/mol. The number of nitrogens with one attached hydrogen (secondary N) is 1. The first kappa shape index (κ1) is 15.5. The highest BCUT2D eigenvalue weighted by Crippen LogP contribution is 2.24. The maximum Gasteiger partial charge on any atom is 0.262 e. The summed E-state index contributed by atoms with van der Waals surface area (Å²) in [5.41, 5.74) is 7.50. The maximum absolute atomic E-state index is 11.8. The summed E-state index contributed by atoms with van der Waals surface area (Å²) in [4.78, 5) is 11.8. The Morgan fingerprint density at radius 2 is 1.90 bits per heavy atom. The number of nitrogen functional groups attached to an aromatic ring is 1. The van der Waals surface area contributed by atoms with Gasteiger partial charge in [0.25, 0.3) is 5.91 Å². The molecule has 0 radical (unpaired) electrons. The molecule has 3 N–H and O–H groups in total. The van der Waals surface area contributed by atoms with Crippen molar-refractivity contribution in [3.63, 3.8) is 0 Å². The highest BCUT2D eigenvalue weighted by molar-refractivity contribution is 6.33. The van der Waals surface area contributed by atoms with E-state index in [1.165, 1.54) is 0 Å². The number of aryl methyl sites for hydroxylation is 1. The van der Waals surface area contributed by atoms with Crippen LogP contribution in [0.4, 0.5) is 11.4 Å². The van der Waals surface area contributed by atoms with Crippen LogP contribution in [0, 0.1) is 6.92 Å². The lowest BCUT2D eigenvalue weighted by Crippen LogP contribution is -2.20. The molecule has 0 aliphatic rings. The number of ether oxygens (including phenoxy) is 1. The van der Waals surface area contributed by atoms with E-state index in [4.69, 9.17) is 33.7 Å². The Labute approximate surface area is 132 Å². The average molecular weight is 325 g/mol. The summed E-state index contributed by atoms with van der Waals surface area (Å²) in [6, 6.07) is 10.1. The largest absolute Gasteiger partial charge is 0.484 e. The van der Waals surface area contributed by atoms with Crippen molar-refractivity contribution in [2.75, 3.05) is 17.7 Å². The van der Waals surface area contributed by atoms with Gasteiger partial charge in [-0.2, -0.15) is 0 Å². The van der Waals surface area contributed by atoms with Crippen molar-refractivity contribution in [3.05, 3.63) is 52.0 Å². The fourth-order valence-electron chi connectivity index (χ4n) is 1.68. The van der Waals surface area contributed by atoms with Gasteiger partial charge in [0.15, 0.2) is 6.61 Å². The van der Waals surface area contributed by atoms with Crippen molar-refractivity contribution < 1.29 is 9.53 Å². The lowest BCUT2D eigenvalue weighted by atomic mass is 10.2. The highest BCUT2D eigenvalue weighted by atomic mass is 35.5. The van der Waals surface area contributed by atoms with Gasteiger partial charge in [0, 0.05) is 10.7 Å². The molecule has 2 aromatic carbocycles. The van der Waals surface area contributed by atoms with Gasteiger partial charge in [0.2, 0.25) is 0 Å². The standard InChI is InChI=1S/C15H14Cl2N2O2/c1-9-6-11(3-5-12(9)16)21-8-15(20)19-14-7-10(18)2-4-13(14)17/h2-7H,8,18H2,1H3,(H,19,20). The van der Waals surface area contributed by atoms with Gasteiger partial charge in [-0.1, -0.05) is 23.2 Å². The molecule has 2 rings (SSSR count). The van der Waals surface area contributed by atoms with Crippen LogP contribution in [-0.2, 0) is 4.79 Å². The molecule has 0 heterocycles. The third kappa shape index (κ3) is 4.28. The number of carbonyl (C=O) groups is 1. The molecule has 0 bridgehead atoms. The van der Waals surface area contributed by atoms with Crippen molar-refractivity contribution >= 4 is 40.5 Å². The minimum atomic E-state index is -0.324. The van der Waals surface area contributed by atoms with Crippen LogP contribution in [0.25, 0.3) is 0 Å². The number of benzene rings is 2. The number of hydrogen-bond donors (Lipinski definition) is 2. The molecule has 0 spiro atoms. The zero-order valence-electron chi connectivity index (χ0n) is 11.3. The van der Waals surface area contributed by atoms with Crippen molar-refractivity contribution in [1.82, 2.24) is 0 Å². The second-order valence-electron chi connectivity index (χ2n) is 4.49. The first-order chi connectivity index (χ1) is 9.95. The Morgan fingerprint density at radius 1 is 1.19 bits per heavy atom. The number of anilines is 2. The van der Waals surface area contributed by atoms with E-state index in [9.17, 15) is 4.79 Å². The Morgan fingerprint density at radius 3 is 2.62 bits per heavy atom. The molecular weight excluding hydrogens is 311 g/mol. The fraction of sp³-hybridized carbons (Fsp3) is 0.133. The van der Waals surface area contributed by atoms with Gasteiger partial charge in [-0.3, -0.25) is 4.79 Å². The van der Waals surface area contributed by atoms with Gasteiger partial charge in [0.1, 0.15) is 5.75 Å². The molecule has 0 aliphatic heterocycles. The molecule has 0 fully saturated rings. The first-order valence-electron chi connectivity index (χ1n) is 6.19. The zero-order chi connectivity index (χ0) is 15.4. The van der Waals surface area contributed by atoms with Gasteiger partial charge in [0.05, 0.1) is 10.7 Å². The summed E-state index contributed by atoms with van der Waals surface area (Å²) in [6.45, 7) is 1.73. The smallest absolute Gasteiger partial charge is 0.262 e. The molecule has 110 valence electrons. The number of hydrogen-bond acceptors (Lipinski definition) is 3. The van der Waals surface area contributed by atoms with E-state index in [2.05, 4.69) is 5.32 Å². The van der Waals surface area contributed by atoms with E-state index in [1.807, 2.05) is 6.92 Å². The Bertz CT molecular complexity index is 675. The van der Waals surface area contributed by atoms with Crippen molar-refractivity contribution in [3.8, 4) is 5.75 Å². The predicted octanol–water partition coefficient (Wildman–Crippen LogP) is 3.90. The number of carbonyl (C=O) groups excluding carboxylic acids is 1. The number of amides is 1.